The van der Waals surface area contributed by atoms with E-state index in [0.29, 0.717) is 11.8 Å². The molecule has 3 atom stereocenters. The molecule has 2 aromatic heterocycles. The Morgan fingerprint density at radius 1 is 1.21 bits per heavy atom. The molecule has 1 aromatic carbocycles. The Bertz CT molecular complexity index is 998. The van der Waals surface area contributed by atoms with Crippen molar-refractivity contribution in [1.29, 1.82) is 0 Å². The maximum atomic E-state index is 11.4. The van der Waals surface area contributed by atoms with Crippen LogP contribution < -0.4 is 5.32 Å². The average Bonchev–Trinajstić information content (AvgIpc) is 3.36. The quantitative estimate of drug-likeness (QED) is 0.637. The van der Waals surface area contributed by atoms with Gasteiger partial charge in [-0.3, -0.25) is 0 Å². The number of nitrogens with one attached hydrogen (secondary N) is 2. The van der Waals surface area contributed by atoms with Crippen molar-refractivity contribution in [2.45, 2.75) is 52.1 Å². The fraction of sp³-hybridized carbons (Fsp3) is 0.545. The second-order valence-electron chi connectivity index (χ2n) is 8.76. The summed E-state index contributed by atoms with van der Waals surface area (Å²) in [7, 11) is 0. The number of aryl methyl sites for hydroxylation is 2. The molecule has 28 heavy (non-hydrogen) atoms. The zero-order chi connectivity index (χ0) is 19.4. The van der Waals surface area contributed by atoms with Crippen LogP contribution in [-0.2, 0) is 0 Å². The predicted octanol–water partition coefficient (Wildman–Crippen LogP) is 3.99. The number of hydrogen-bond donors (Lipinski definition) is 3. The number of hydrogen-bond acceptors (Lipinski definition) is 5. The van der Waals surface area contributed by atoms with E-state index in [9.17, 15) is 5.11 Å². The average molecular weight is 380 g/mol. The minimum absolute atomic E-state index is 0.188. The lowest BCUT2D eigenvalue weighted by Gasteiger charge is -2.31. The number of aromatic nitrogens is 3. The molecule has 1 saturated carbocycles. The first kappa shape index (κ1) is 17.9. The molecule has 6 heteroatoms. The molecule has 2 aliphatic rings. The molecule has 0 radical (unpaired) electrons. The van der Waals surface area contributed by atoms with E-state index in [-0.39, 0.29) is 5.92 Å². The van der Waals surface area contributed by atoms with Crippen LogP contribution in [0.2, 0.25) is 0 Å². The molecule has 0 spiro atoms. The van der Waals surface area contributed by atoms with Crippen LogP contribution in [-0.4, -0.2) is 33.3 Å². The molecule has 1 saturated heterocycles. The number of nitrogens with zero attached hydrogens (tertiary/aromatic N) is 2. The van der Waals surface area contributed by atoms with E-state index in [0.717, 1.165) is 64.5 Å². The first-order chi connectivity index (χ1) is 13.5. The van der Waals surface area contributed by atoms with Crippen LogP contribution >= 0.6 is 0 Å². The fourth-order valence-corrected chi connectivity index (χ4v) is 4.67. The molecule has 5 rings (SSSR count). The number of rotatable bonds is 4. The van der Waals surface area contributed by atoms with Crippen molar-refractivity contribution in [2.24, 2.45) is 11.8 Å². The molecule has 3 aromatic rings. The number of fused-ring (bicyclic) bond motifs is 1. The van der Waals surface area contributed by atoms with Gasteiger partial charge in [0, 0.05) is 29.5 Å². The maximum Gasteiger partial charge on any atom is 0.141 e. The van der Waals surface area contributed by atoms with Crippen molar-refractivity contribution >= 4 is 11.0 Å². The van der Waals surface area contributed by atoms with Crippen molar-refractivity contribution in [3.63, 3.8) is 0 Å². The Balaban J connectivity index is 1.64. The summed E-state index contributed by atoms with van der Waals surface area (Å²) in [6, 6.07) is 4.22. The minimum atomic E-state index is -0.548. The van der Waals surface area contributed by atoms with E-state index in [2.05, 4.69) is 34.5 Å². The Morgan fingerprint density at radius 3 is 2.71 bits per heavy atom. The summed E-state index contributed by atoms with van der Waals surface area (Å²) >= 11 is 0. The number of H-pyrrole nitrogens is 1. The molecule has 0 bridgehead atoms. The fourth-order valence-electron chi connectivity index (χ4n) is 4.67. The predicted molar refractivity (Wildman–Crippen MR) is 108 cm³/mol. The molecule has 1 aliphatic heterocycles. The van der Waals surface area contributed by atoms with Gasteiger partial charge in [0.25, 0.3) is 0 Å². The molecular weight excluding hydrogens is 352 g/mol. The van der Waals surface area contributed by atoms with E-state index >= 15 is 0 Å². The molecule has 3 N–H and O–H groups in total. The highest BCUT2D eigenvalue weighted by Gasteiger charge is 2.31. The van der Waals surface area contributed by atoms with Gasteiger partial charge >= 0.3 is 0 Å². The topological polar surface area (TPSA) is 87.0 Å². The van der Waals surface area contributed by atoms with Crippen LogP contribution in [0.1, 0.15) is 61.1 Å². The Hall–Kier alpha value is -2.18. The van der Waals surface area contributed by atoms with Crippen LogP contribution in [0.4, 0.5) is 0 Å². The Labute approximate surface area is 164 Å². The van der Waals surface area contributed by atoms with E-state index in [1.165, 1.54) is 12.8 Å². The normalized spacial score (nSPS) is 24.0. The smallest absolute Gasteiger partial charge is 0.141 e. The van der Waals surface area contributed by atoms with Crippen molar-refractivity contribution in [3.05, 3.63) is 35.0 Å². The largest absolute Gasteiger partial charge is 0.388 e. The summed E-state index contributed by atoms with van der Waals surface area (Å²) in [5.41, 5.74) is 5.71. The third-order valence-electron chi connectivity index (χ3n) is 6.29. The standard InChI is InChI=1S/C22H28N4O2/c1-11-6-16(10-23-9-11)21(27)17-7-15(19-12(2)26-28-13(19)3)8-18-20(17)25-22(24-18)14-4-5-14/h7-8,11,14,16,21,23,27H,4-6,9-10H2,1-3H3,(H,24,25). The second kappa shape index (κ2) is 6.71. The van der Waals surface area contributed by atoms with Crippen LogP contribution in [0.15, 0.2) is 16.7 Å². The van der Waals surface area contributed by atoms with Gasteiger partial charge in [-0.1, -0.05) is 12.1 Å². The summed E-state index contributed by atoms with van der Waals surface area (Å²) in [5, 5.41) is 18.9. The van der Waals surface area contributed by atoms with Crippen molar-refractivity contribution in [3.8, 4) is 11.1 Å². The van der Waals surface area contributed by atoms with E-state index in [4.69, 9.17) is 9.51 Å². The van der Waals surface area contributed by atoms with Gasteiger partial charge in [0.05, 0.1) is 22.8 Å². The summed E-state index contributed by atoms with van der Waals surface area (Å²) < 4.78 is 5.40. The third-order valence-corrected chi connectivity index (χ3v) is 6.29. The second-order valence-corrected chi connectivity index (χ2v) is 8.76. The first-order valence-corrected chi connectivity index (χ1v) is 10.4. The van der Waals surface area contributed by atoms with Crippen LogP contribution in [0.25, 0.3) is 22.2 Å². The third kappa shape index (κ3) is 3.05. The van der Waals surface area contributed by atoms with Crippen LogP contribution in [0.3, 0.4) is 0 Å². The molecule has 3 unspecified atom stereocenters. The van der Waals surface area contributed by atoms with E-state index < -0.39 is 6.10 Å². The molecule has 1 aliphatic carbocycles. The molecule has 0 amide bonds. The van der Waals surface area contributed by atoms with Gasteiger partial charge in [0.1, 0.15) is 11.6 Å². The van der Waals surface area contributed by atoms with Gasteiger partial charge in [-0.25, -0.2) is 4.98 Å². The van der Waals surface area contributed by atoms with Gasteiger partial charge in [-0.2, -0.15) is 0 Å². The zero-order valence-corrected chi connectivity index (χ0v) is 16.7. The molecule has 2 fully saturated rings. The van der Waals surface area contributed by atoms with Crippen LogP contribution in [0.5, 0.6) is 0 Å². The SMILES string of the molecule is Cc1noc(C)c1-c1cc(C(O)C2CNCC(C)C2)c2nc(C3CC3)[nH]c2c1. The van der Waals surface area contributed by atoms with Gasteiger partial charge in [-0.15, -0.1) is 0 Å². The monoisotopic (exact) mass is 380 g/mol. The highest BCUT2D eigenvalue weighted by Crippen LogP contribution is 2.42. The minimum Gasteiger partial charge on any atom is -0.388 e. The number of aliphatic hydroxyl groups excluding tert-OH is 1. The molecular formula is C22H28N4O2. The number of piperidine rings is 1. The van der Waals surface area contributed by atoms with Crippen LogP contribution in [0, 0.1) is 25.7 Å². The first-order valence-electron chi connectivity index (χ1n) is 10.4. The lowest BCUT2D eigenvalue weighted by molar-refractivity contribution is 0.0808. The summed E-state index contributed by atoms with van der Waals surface area (Å²) in [4.78, 5) is 8.42. The highest BCUT2D eigenvalue weighted by molar-refractivity contribution is 5.86. The number of imidazole rings is 1. The highest BCUT2D eigenvalue weighted by atomic mass is 16.5. The Morgan fingerprint density at radius 2 is 2.04 bits per heavy atom. The van der Waals surface area contributed by atoms with Gasteiger partial charge in [0.2, 0.25) is 0 Å². The number of aliphatic hydroxyl groups is 1. The number of aromatic amines is 1. The molecule has 148 valence electrons. The van der Waals surface area contributed by atoms with Gasteiger partial charge in [-0.05, 0) is 63.3 Å². The van der Waals surface area contributed by atoms with Gasteiger partial charge in [0.15, 0.2) is 0 Å². The van der Waals surface area contributed by atoms with E-state index in [1.54, 1.807) is 0 Å². The maximum absolute atomic E-state index is 11.4. The summed E-state index contributed by atoms with van der Waals surface area (Å²) in [6.45, 7) is 7.99. The molecule has 6 nitrogen and oxygen atoms in total. The molecule has 3 heterocycles. The number of benzene rings is 1. The van der Waals surface area contributed by atoms with Crippen molar-refractivity contribution < 1.29 is 9.63 Å². The van der Waals surface area contributed by atoms with Crippen molar-refractivity contribution in [2.75, 3.05) is 13.1 Å². The Kier molecular flexibility index (Phi) is 4.29. The lowest BCUT2D eigenvalue weighted by atomic mass is 9.84. The van der Waals surface area contributed by atoms with Crippen molar-refractivity contribution in [1.82, 2.24) is 20.4 Å². The van der Waals surface area contributed by atoms with E-state index in [1.807, 2.05) is 13.8 Å². The van der Waals surface area contributed by atoms with Gasteiger partial charge < -0.3 is 19.9 Å². The lowest BCUT2D eigenvalue weighted by Crippen LogP contribution is -2.37. The summed E-state index contributed by atoms with van der Waals surface area (Å²) in [5.74, 6) is 3.14. The summed E-state index contributed by atoms with van der Waals surface area (Å²) in [6.07, 6.45) is 2.86. The zero-order valence-electron chi connectivity index (χ0n) is 16.7.